The van der Waals surface area contributed by atoms with Gasteiger partial charge in [-0.25, -0.2) is 4.79 Å². The van der Waals surface area contributed by atoms with E-state index in [1.54, 1.807) is 0 Å². The molecule has 2 aliphatic carbocycles. The van der Waals surface area contributed by atoms with Gasteiger partial charge in [-0.15, -0.1) is 0 Å². The maximum Gasteiger partial charge on any atom is 0.344 e. The Balaban J connectivity index is 1.33. The van der Waals surface area contributed by atoms with Gasteiger partial charge in [0.2, 0.25) is 0 Å². The van der Waals surface area contributed by atoms with E-state index in [0.29, 0.717) is 23.7 Å². The van der Waals surface area contributed by atoms with Crippen molar-refractivity contribution in [3.63, 3.8) is 0 Å². The first-order valence-electron chi connectivity index (χ1n) is 14.5. The van der Waals surface area contributed by atoms with Gasteiger partial charge in [-0.2, -0.15) is 0 Å². The van der Waals surface area contributed by atoms with Crippen molar-refractivity contribution in [1.29, 1.82) is 0 Å². The Bertz CT molecular complexity index is 1050. The zero-order chi connectivity index (χ0) is 26.9. The Morgan fingerprint density at radius 2 is 1.82 bits per heavy atom. The van der Waals surface area contributed by atoms with Crippen LogP contribution in [0.3, 0.4) is 0 Å². The molecule has 0 bridgehead atoms. The fourth-order valence-corrected chi connectivity index (χ4v) is 6.75. The lowest BCUT2D eigenvalue weighted by Crippen LogP contribution is -2.27. The maximum absolute atomic E-state index is 12.3. The SMILES string of the molecule is CCCCC[C@@H](CC[C@@H]1[C@H]2Cc3cccc(OCC(=O)OCc4ccccc4)c3C[C@H]2C[C@H]1C)OC(C)=O. The summed E-state index contributed by atoms with van der Waals surface area (Å²) in [5.41, 5.74) is 3.57. The van der Waals surface area contributed by atoms with Gasteiger partial charge in [0.1, 0.15) is 18.5 Å². The summed E-state index contributed by atoms with van der Waals surface area (Å²) in [6.45, 7) is 6.31. The minimum atomic E-state index is -0.351. The van der Waals surface area contributed by atoms with Crippen molar-refractivity contribution >= 4 is 11.9 Å². The molecule has 2 aromatic carbocycles. The van der Waals surface area contributed by atoms with Crippen molar-refractivity contribution in [2.24, 2.45) is 23.7 Å². The molecule has 5 nitrogen and oxygen atoms in total. The molecule has 0 saturated heterocycles. The molecule has 0 unspecified atom stereocenters. The zero-order valence-corrected chi connectivity index (χ0v) is 23.3. The lowest BCUT2D eigenvalue weighted by Gasteiger charge is -2.33. The maximum atomic E-state index is 12.3. The second-order valence-corrected chi connectivity index (χ2v) is 11.3. The van der Waals surface area contributed by atoms with Crippen LogP contribution in [0.2, 0.25) is 0 Å². The summed E-state index contributed by atoms with van der Waals surface area (Å²) in [5, 5.41) is 0. The van der Waals surface area contributed by atoms with Crippen molar-refractivity contribution < 1.29 is 23.8 Å². The fraction of sp³-hybridized carbons (Fsp3) is 0.576. The minimum Gasteiger partial charge on any atom is -0.482 e. The third-order valence-electron chi connectivity index (χ3n) is 8.59. The molecule has 0 radical (unpaired) electrons. The number of unbranched alkanes of at least 4 members (excludes halogenated alkanes) is 2. The second-order valence-electron chi connectivity index (χ2n) is 11.3. The molecule has 5 heteroatoms. The first kappa shape index (κ1) is 28.2. The van der Waals surface area contributed by atoms with Crippen LogP contribution in [0.5, 0.6) is 5.75 Å². The van der Waals surface area contributed by atoms with Crippen LogP contribution in [0.25, 0.3) is 0 Å². The van der Waals surface area contributed by atoms with Gasteiger partial charge in [0, 0.05) is 6.92 Å². The first-order chi connectivity index (χ1) is 18.4. The average Bonchev–Trinajstić information content (AvgIpc) is 3.22. The van der Waals surface area contributed by atoms with Gasteiger partial charge in [-0.05, 0) is 91.4 Å². The van der Waals surface area contributed by atoms with Crippen LogP contribution >= 0.6 is 0 Å². The van der Waals surface area contributed by atoms with E-state index in [2.05, 4.69) is 19.9 Å². The molecule has 0 aromatic heterocycles. The van der Waals surface area contributed by atoms with Gasteiger partial charge in [-0.1, -0.05) is 69.2 Å². The number of esters is 2. The highest BCUT2D eigenvalue weighted by Crippen LogP contribution is 2.51. The Morgan fingerprint density at radius 1 is 1.00 bits per heavy atom. The Morgan fingerprint density at radius 3 is 2.58 bits per heavy atom. The summed E-state index contributed by atoms with van der Waals surface area (Å²) in [6, 6.07) is 15.9. The molecule has 0 spiro atoms. The van der Waals surface area contributed by atoms with Gasteiger partial charge in [0.15, 0.2) is 6.61 Å². The lowest BCUT2D eigenvalue weighted by atomic mass is 9.73. The average molecular weight is 521 g/mol. The van der Waals surface area contributed by atoms with Crippen LogP contribution < -0.4 is 4.74 Å². The zero-order valence-electron chi connectivity index (χ0n) is 23.3. The van der Waals surface area contributed by atoms with E-state index in [4.69, 9.17) is 14.2 Å². The summed E-state index contributed by atoms with van der Waals surface area (Å²) in [6.07, 6.45) is 9.85. The number of benzene rings is 2. The third-order valence-corrected chi connectivity index (χ3v) is 8.59. The van der Waals surface area contributed by atoms with Gasteiger partial charge in [0.25, 0.3) is 0 Å². The standard InChI is InChI=1S/C33H44O5/c1-4-5-7-14-28(38-24(3)34)16-17-29-23(2)18-27-20-31-26(19-30(27)29)13-10-15-32(31)36-22-33(35)37-21-25-11-8-6-9-12-25/h6,8-13,15,23,27-30H,4-5,7,14,16-22H2,1-3H3/t23-,27-,28+,29+,30+/m1/s1. The highest BCUT2D eigenvalue weighted by molar-refractivity contribution is 5.71. The van der Waals surface area contributed by atoms with Crippen molar-refractivity contribution in [2.75, 3.05) is 6.61 Å². The molecule has 2 aliphatic rings. The quantitative estimate of drug-likeness (QED) is 0.208. The molecular formula is C33H44O5. The number of rotatable bonds is 13. The molecule has 5 atom stereocenters. The number of ether oxygens (including phenoxy) is 3. The smallest absolute Gasteiger partial charge is 0.344 e. The summed E-state index contributed by atoms with van der Waals surface area (Å²) in [5.74, 6) is 2.89. The van der Waals surface area contributed by atoms with Gasteiger partial charge >= 0.3 is 11.9 Å². The first-order valence-corrected chi connectivity index (χ1v) is 14.5. The molecule has 2 aromatic rings. The number of carbonyl (C=O) groups excluding carboxylic acids is 2. The van der Waals surface area contributed by atoms with E-state index in [1.807, 2.05) is 42.5 Å². The van der Waals surface area contributed by atoms with Crippen molar-refractivity contribution in [1.82, 2.24) is 0 Å². The highest BCUT2D eigenvalue weighted by Gasteiger charge is 2.43. The molecule has 1 saturated carbocycles. The summed E-state index contributed by atoms with van der Waals surface area (Å²) < 4.78 is 17.1. The molecule has 0 heterocycles. The Kier molecular flexibility index (Phi) is 10.3. The Labute approximate surface area is 228 Å². The predicted molar refractivity (Wildman–Crippen MR) is 149 cm³/mol. The molecule has 206 valence electrons. The summed E-state index contributed by atoms with van der Waals surface area (Å²) >= 11 is 0. The molecule has 4 rings (SSSR count). The van der Waals surface area contributed by atoms with E-state index >= 15 is 0 Å². The molecular weight excluding hydrogens is 476 g/mol. The van der Waals surface area contributed by atoms with Crippen LogP contribution in [-0.4, -0.2) is 24.6 Å². The fourth-order valence-electron chi connectivity index (χ4n) is 6.75. The van der Waals surface area contributed by atoms with E-state index in [1.165, 1.54) is 37.3 Å². The number of hydrogen-bond donors (Lipinski definition) is 0. The second kappa shape index (κ2) is 13.8. The largest absolute Gasteiger partial charge is 0.482 e. The van der Waals surface area contributed by atoms with Crippen molar-refractivity contribution in [3.8, 4) is 5.75 Å². The van der Waals surface area contributed by atoms with Crippen LogP contribution in [-0.2, 0) is 38.5 Å². The van der Waals surface area contributed by atoms with Crippen LogP contribution in [0.15, 0.2) is 48.5 Å². The number of carbonyl (C=O) groups is 2. The topological polar surface area (TPSA) is 61.8 Å². The van der Waals surface area contributed by atoms with E-state index < -0.39 is 0 Å². The van der Waals surface area contributed by atoms with Crippen molar-refractivity contribution in [2.45, 2.75) is 91.3 Å². The van der Waals surface area contributed by atoms with E-state index in [0.717, 1.165) is 49.8 Å². The summed E-state index contributed by atoms with van der Waals surface area (Å²) in [7, 11) is 0. The van der Waals surface area contributed by atoms with Crippen LogP contribution in [0.1, 0.15) is 82.4 Å². The monoisotopic (exact) mass is 520 g/mol. The normalized spacial score (nSPS) is 22.7. The van der Waals surface area contributed by atoms with Crippen LogP contribution in [0.4, 0.5) is 0 Å². The molecule has 1 fully saturated rings. The molecule has 0 aliphatic heterocycles. The van der Waals surface area contributed by atoms with Gasteiger partial charge in [0.05, 0.1) is 0 Å². The summed E-state index contributed by atoms with van der Waals surface area (Å²) in [4.78, 5) is 24.0. The predicted octanol–water partition coefficient (Wildman–Crippen LogP) is 7.09. The van der Waals surface area contributed by atoms with Gasteiger partial charge < -0.3 is 14.2 Å². The lowest BCUT2D eigenvalue weighted by molar-refractivity contribution is -0.148. The minimum absolute atomic E-state index is 0.0443. The third kappa shape index (κ3) is 7.61. The van der Waals surface area contributed by atoms with E-state index in [9.17, 15) is 9.59 Å². The number of fused-ring (bicyclic) bond motifs is 2. The highest BCUT2D eigenvalue weighted by atomic mass is 16.6. The molecule has 0 N–H and O–H groups in total. The van der Waals surface area contributed by atoms with Crippen LogP contribution in [0, 0.1) is 23.7 Å². The molecule has 38 heavy (non-hydrogen) atoms. The van der Waals surface area contributed by atoms with E-state index in [-0.39, 0.29) is 31.3 Å². The van der Waals surface area contributed by atoms with Crippen molar-refractivity contribution in [3.05, 3.63) is 65.2 Å². The Hall–Kier alpha value is -2.82. The number of hydrogen-bond acceptors (Lipinski definition) is 5. The van der Waals surface area contributed by atoms with Gasteiger partial charge in [-0.3, -0.25) is 4.79 Å². The molecule has 0 amide bonds.